The van der Waals surface area contributed by atoms with Crippen molar-refractivity contribution in [1.82, 2.24) is 15.2 Å². The highest BCUT2D eigenvalue weighted by atomic mass is 35.5. The molecule has 1 fully saturated rings. The molecule has 0 saturated carbocycles. The van der Waals surface area contributed by atoms with Crippen LogP contribution in [0.1, 0.15) is 40.7 Å². The number of halogens is 1. The van der Waals surface area contributed by atoms with E-state index in [1.807, 2.05) is 30.3 Å². The Labute approximate surface area is 269 Å². The van der Waals surface area contributed by atoms with Gasteiger partial charge in [-0.1, -0.05) is 35.9 Å². The molecule has 9 heteroatoms. The summed E-state index contributed by atoms with van der Waals surface area (Å²) in [7, 11) is 2.16. The van der Waals surface area contributed by atoms with Crippen LogP contribution < -0.4 is 24.3 Å². The van der Waals surface area contributed by atoms with Gasteiger partial charge in [-0.05, 0) is 86.4 Å². The Bertz CT molecular complexity index is 1700. The first-order valence-electron chi connectivity index (χ1n) is 15.3. The van der Waals surface area contributed by atoms with Gasteiger partial charge in [0.2, 0.25) is 0 Å². The van der Waals surface area contributed by atoms with Gasteiger partial charge in [-0.2, -0.15) is 5.26 Å². The number of nitriles is 1. The van der Waals surface area contributed by atoms with Crippen molar-refractivity contribution in [2.24, 2.45) is 0 Å². The Balaban J connectivity index is 1.21. The molecule has 0 spiro atoms. The van der Waals surface area contributed by atoms with Crippen LogP contribution in [0.15, 0.2) is 67.0 Å². The highest BCUT2D eigenvalue weighted by Gasteiger charge is 2.19. The predicted molar refractivity (Wildman–Crippen MR) is 174 cm³/mol. The van der Waals surface area contributed by atoms with Crippen molar-refractivity contribution in [2.75, 3.05) is 33.4 Å². The van der Waals surface area contributed by atoms with Gasteiger partial charge in [-0.3, -0.25) is 4.98 Å². The average molecular weight is 625 g/mol. The third-order valence-electron chi connectivity index (χ3n) is 8.42. The second kappa shape index (κ2) is 14.2. The Morgan fingerprint density at radius 1 is 0.956 bits per heavy atom. The molecule has 232 valence electrons. The van der Waals surface area contributed by atoms with Crippen LogP contribution in [0.25, 0.3) is 11.1 Å². The molecule has 0 atom stereocenters. The number of nitrogens with one attached hydrogen (secondary N) is 1. The largest absolute Gasteiger partial charge is 0.488 e. The van der Waals surface area contributed by atoms with Gasteiger partial charge < -0.3 is 29.2 Å². The standard InChI is InChI=1S/C36H37ClN4O4/c1-24-28(4-3-5-31(24)27-6-7-33-36(16-27)43-13-12-42-33)23-45-35-17-34(44-22-26-14-25(18-38)19-39-20-26)29(15-32(35)37)21-40-30-8-10-41(2)11-9-30/h3-7,14-17,19-20,30,40H,8-13,21-23H2,1-2H3. The van der Waals surface area contributed by atoms with Crippen LogP contribution in [0.3, 0.4) is 0 Å². The first kappa shape index (κ1) is 30.7. The first-order valence-corrected chi connectivity index (χ1v) is 15.7. The number of fused-ring (bicyclic) bond motifs is 1. The van der Waals surface area contributed by atoms with Crippen LogP contribution in [0.4, 0.5) is 0 Å². The van der Waals surface area contributed by atoms with E-state index in [2.05, 4.69) is 53.4 Å². The number of piperidine rings is 1. The number of aromatic nitrogens is 1. The molecule has 3 aromatic carbocycles. The van der Waals surface area contributed by atoms with Crippen molar-refractivity contribution >= 4 is 11.6 Å². The lowest BCUT2D eigenvalue weighted by atomic mass is 9.96. The predicted octanol–water partition coefficient (Wildman–Crippen LogP) is 6.70. The molecule has 0 aliphatic carbocycles. The van der Waals surface area contributed by atoms with Crippen molar-refractivity contribution in [3.63, 3.8) is 0 Å². The zero-order valence-corrected chi connectivity index (χ0v) is 26.4. The summed E-state index contributed by atoms with van der Waals surface area (Å²) in [6, 6.07) is 20.4. The minimum Gasteiger partial charge on any atom is -0.488 e. The highest BCUT2D eigenvalue weighted by Crippen LogP contribution is 2.37. The molecule has 0 amide bonds. The van der Waals surface area contributed by atoms with Gasteiger partial charge in [-0.15, -0.1) is 0 Å². The van der Waals surface area contributed by atoms with E-state index in [0.717, 1.165) is 70.8 Å². The van der Waals surface area contributed by atoms with Crippen molar-refractivity contribution in [3.05, 3.63) is 99.8 Å². The van der Waals surface area contributed by atoms with Gasteiger partial charge in [0.1, 0.15) is 44.0 Å². The summed E-state index contributed by atoms with van der Waals surface area (Å²) < 4.78 is 24.2. The number of ether oxygens (including phenoxy) is 4. The monoisotopic (exact) mass is 624 g/mol. The maximum atomic E-state index is 9.29. The quantitative estimate of drug-likeness (QED) is 0.209. The highest BCUT2D eigenvalue weighted by molar-refractivity contribution is 6.32. The topological polar surface area (TPSA) is 88.9 Å². The molecule has 0 radical (unpaired) electrons. The summed E-state index contributed by atoms with van der Waals surface area (Å²) in [6.45, 7) is 6.59. The maximum absolute atomic E-state index is 9.29. The SMILES string of the molecule is Cc1c(COc2cc(OCc3cncc(C#N)c3)c(CNC3CCN(C)CC3)cc2Cl)cccc1-c1ccc2c(c1)OCCO2. The summed E-state index contributed by atoms with van der Waals surface area (Å²) in [5.41, 5.74) is 6.59. The van der Waals surface area contributed by atoms with Gasteiger partial charge in [0.25, 0.3) is 0 Å². The summed E-state index contributed by atoms with van der Waals surface area (Å²) >= 11 is 6.81. The van der Waals surface area contributed by atoms with E-state index in [1.165, 1.54) is 0 Å². The summed E-state index contributed by atoms with van der Waals surface area (Å²) in [5.74, 6) is 2.76. The molecule has 1 saturated heterocycles. The van der Waals surface area contributed by atoms with Crippen molar-refractivity contribution in [1.29, 1.82) is 5.26 Å². The molecule has 4 aromatic rings. The normalized spacial score (nSPS) is 15.0. The van der Waals surface area contributed by atoms with Gasteiger partial charge >= 0.3 is 0 Å². The third kappa shape index (κ3) is 7.51. The Hall–Kier alpha value is -4.29. The lowest BCUT2D eigenvalue weighted by molar-refractivity contribution is 0.171. The van der Waals surface area contributed by atoms with Gasteiger partial charge in [0.15, 0.2) is 11.5 Å². The number of nitrogens with zero attached hydrogens (tertiary/aromatic N) is 3. The van der Waals surface area contributed by atoms with E-state index in [9.17, 15) is 5.26 Å². The maximum Gasteiger partial charge on any atom is 0.161 e. The van der Waals surface area contributed by atoms with E-state index in [1.54, 1.807) is 18.5 Å². The zero-order valence-electron chi connectivity index (χ0n) is 25.6. The lowest BCUT2D eigenvalue weighted by Crippen LogP contribution is -2.40. The molecular weight excluding hydrogens is 588 g/mol. The molecule has 6 rings (SSSR count). The van der Waals surface area contributed by atoms with Gasteiger partial charge in [0, 0.05) is 42.2 Å². The zero-order chi connectivity index (χ0) is 31.2. The number of rotatable bonds is 10. The second-order valence-electron chi connectivity index (χ2n) is 11.6. The van der Waals surface area contributed by atoms with Crippen molar-refractivity contribution in [2.45, 2.75) is 45.6 Å². The molecule has 8 nitrogen and oxygen atoms in total. The van der Waals surface area contributed by atoms with Crippen LogP contribution >= 0.6 is 11.6 Å². The Morgan fingerprint density at radius 2 is 1.76 bits per heavy atom. The van der Waals surface area contributed by atoms with Crippen molar-refractivity contribution < 1.29 is 18.9 Å². The second-order valence-corrected chi connectivity index (χ2v) is 12.0. The fourth-order valence-corrected chi connectivity index (χ4v) is 5.97. The Morgan fingerprint density at radius 3 is 2.58 bits per heavy atom. The molecule has 3 heterocycles. The van der Waals surface area contributed by atoms with Gasteiger partial charge in [0.05, 0.1) is 10.6 Å². The minimum absolute atomic E-state index is 0.265. The number of benzene rings is 3. The number of hydrogen-bond acceptors (Lipinski definition) is 8. The molecule has 0 bridgehead atoms. The molecule has 2 aliphatic rings. The Kier molecular flexibility index (Phi) is 9.70. The van der Waals surface area contributed by atoms with Crippen LogP contribution in [-0.2, 0) is 19.8 Å². The van der Waals surface area contributed by atoms with E-state index in [0.29, 0.717) is 54.5 Å². The smallest absolute Gasteiger partial charge is 0.161 e. The van der Waals surface area contributed by atoms with Crippen molar-refractivity contribution in [3.8, 4) is 40.2 Å². The summed E-state index contributed by atoms with van der Waals surface area (Å²) in [6.07, 6.45) is 5.44. The molecule has 1 aromatic heterocycles. The number of pyridine rings is 1. The number of hydrogen-bond donors (Lipinski definition) is 1. The summed E-state index contributed by atoms with van der Waals surface area (Å²) in [4.78, 5) is 6.52. The molecule has 2 aliphatic heterocycles. The van der Waals surface area contributed by atoms with E-state index in [4.69, 9.17) is 30.5 Å². The van der Waals surface area contributed by atoms with Crippen LogP contribution in [0, 0.1) is 18.3 Å². The first-order chi connectivity index (χ1) is 22.0. The van der Waals surface area contributed by atoms with E-state index >= 15 is 0 Å². The lowest BCUT2D eigenvalue weighted by Gasteiger charge is -2.29. The van der Waals surface area contributed by atoms with Crippen LogP contribution in [0.2, 0.25) is 5.02 Å². The van der Waals surface area contributed by atoms with Crippen LogP contribution in [-0.4, -0.2) is 49.3 Å². The number of likely N-dealkylation sites (tertiary alicyclic amines) is 1. The van der Waals surface area contributed by atoms with E-state index in [-0.39, 0.29) is 6.61 Å². The molecule has 0 unspecified atom stereocenters. The molecule has 45 heavy (non-hydrogen) atoms. The molecular formula is C36H37ClN4O4. The molecule has 1 N–H and O–H groups in total. The van der Waals surface area contributed by atoms with Gasteiger partial charge in [-0.25, -0.2) is 0 Å². The van der Waals surface area contributed by atoms with E-state index < -0.39 is 0 Å². The minimum atomic E-state index is 0.265. The fraction of sp³-hybridized carbons (Fsp3) is 0.333. The fourth-order valence-electron chi connectivity index (χ4n) is 5.73. The summed E-state index contributed by atoms with van der Waals surface area (Å²) in [5, 5.41) is 13.5. The third-order valence-corrected chi connectivity index (χ3v) is 8.71. The van der Waals surface area contributed by atoms with Crippen LogP contribution in [0.5, 0.6) is 23.0 Å². The average Bonchev–Trinajstić information content (AvgIpc) is 3.07.